The van der Waals surface area contributed by atoms with E-state index in [9.17, 15) is 4.79 Å². The summed E-state index contributed by atoms with van der Waals surface area (Å²) in [6.07, 6.45) is 3.83. The zero-order chi connectivity index (χ0) is 17.4. The number of amides is 1. The van der Waals surface area contributed by atoms with E-state index >= 15 is 0 Å². The molecule has 0 bridgehead atoms. The molecule has 2 aromatic heterocycles. The van der Waals surface area contributed by atoms with Crippen molar-refractivity contribution in [2.24, 2.45) is 0 Å². The number of imidazole rings is 1. The molecule has 4 rings (SSSR count). The molecule has 0 N–H and O–H groups in total. The van der Waals surface area contributed by atoms with Crippen LogP contribution in [-0.2, 0) is 0 Å². The zero-order valence-electron chi connectivity index (χ0n) is 14.6. The van der Waals surface area contributed by atoms with Gasteiger partial charge < -0.3 is 14.2 Å². The Morgan fingerprint density at radius 1 is 1.00 bits per heavy atom. The molecule has 3 heterocycles. The molecule has 5 heteroatoms. The van der Waals surface area contributed by atoms with Crippen LogP contribution in [0.5, 0.6) is 0 Å². The molecule has 0 radical (unpaired) electrons. The van der Waals surface area contributed by atoms with Gasteiger partial charge in [0.2, 0.25) is 0 Å². The molecule has 3 aromatic rings. The molecule has 0 saturated carbocycles. The summed E-state index contributed by atoms with van der Waals surface area (Å²) >= 11 is 0. The Kier molecular flexibility index (Phi) is 3.92. The summed E-state index contributed by atoms with van der Waals surface area (Å²) in [6, 6.07) is 12.3. The highest BCUT2D eigenvalue weighted by Gasteiger charge is 2.22. The standard InChI is InChI=1S/C20H22N4O/c1-15-4-3-5-18(12-15)22-8-10-23(11-9-22)20(25)17-6-7-19-21-16(2)13-24(19)14-17/h3-7,12-14H,8-11H2,1-2H3. The van der Waals surface area contributed by atoms with Gasteiger partial charge in [-0.25, -0.2) is 4.98 Å². The van der Waals surface area contributed by atoms with Crippen LogP contribution in [0.15, 0.2) is 48.8 Å². The molecule has 0 aliphatic carbocycles. The third kappa shape index (κ3) is 3.09. The number of pyridine rings is 1. The second kappa shape index (κ2) is 6.24. The van der Waals surface area contributed by atoms with Gasteiger partial charge in [0.15, 0.2) is 0 Å². The maximum atomic E-state index is 12.8. The van der Waals surface area contributed by atoms with Gasteiger partial charge in [-0.15, -0.1) is 0 Å². The van der Waals surface area contributed by atoms with Gasteiger partial charge in [-0.1, -0.05) is 12.1 Å². The van der Waals surface area contributed by atoms with Gasteiger partial charge in [0, 0.05) is 44.3 Å². The Morgan fingerprint density at radius 3 is 2.56 bits per heavy atom. The SMILES string of the molecule is Cc1cccc(N2CCN(C(=O)c3ccc4nc(C)cn4c3)CC2)c1. The van der Waals surface area contributed by atoms with Gasteiger partial charge in [-0.2, -0.15) is 0 Å². The summed E-state index contributed by atoms with van der Waals surface area (Å²) < 4.78 is 1.92. The fourth-order valence-electron chi connectivity index (χ4n) is 3.42. The number of nitrogens with zero attached hydrogens (tertiary/aromatic N) is 4. The molecule has 5 nitrogen and oxygen atoms in total. The van der Waals surface area contributed by atoms with Crippen molar-refractivity contribution in [2.45, 2.75) is 13.8 Å². The number of aryl methyl sites for hydroxylation is 2. The van der Waals surface area contributed by atoms with E-state index in [4.69, 9.17) is 0 Å². The Bertz CT molecular complexity index is 922. The lowest BCUT2D eigenvalue weighted by molar-refractivity contribution is 0.0746. The smallest absolute Gasteiger partial charge is 0.255 e. The van der Waals surface area contributed by atoms with Crippen LogP contribution in [0.1, 0.15) is 21.6 Å². The normalized spacial score (nSPS) is 15.0. The van der Waals surface area contributed by atoms with E-state index in [1.807, 2.05) is 40.8 Å². The maximum absolute atomic E-state index is 12.8. The van der Waals surface area contributed by atoms with E-state index < -0.39 is 0 Å². The fourth-order valence-corrected chi connectivity index (χ4v) is 3.42. The van der Waals surface area contributed by atoms with Crippen LogP contribution in [0.2, 0.25) is 0 Å². The maximum Gasteiger partial charge on any atom is 0.255 e. The average Bonchev–Trinajstić information content (AvgIpc) is 3.00. The van der Waals surface area contributed by atoms with Crippen molar-refractivity contribution < 1.29 is 4.79 Å². The van der Waals surface area contributed by atoms with Crippen molar-refractivity contribution in [3.05, 3.63) is 65.6 Å². The van der Waals surface area contributed by atoms with Crippen LogP contribution in [0, 0.1) is 13.8 Å². The van der Waals surface area contributed by atoms with Crippen LogP contribution in [0.25, 0.3) is 5.65 Å². The first-order valence-electron chi connectivity index (χ1n) is 8.66. The predicted octanol–water partition coefficient (Wildman–Crippen LogP) is 2.91. The van der Waals surface area contributed by atoms with Crippen molar-refractivity contribution in [3.8, 4) is 0 Å². The van der Waals surface area contributed by atoms with Gasteiger partial charge in [0.1, 0.15) is 5.65 Å². The van der Waals surface area contributed by atoms with Gasteiger partial charge >= 0.3 is 0 Å². The first kappa shape index (κ1) is 15.7. The molecular formula is C20H22N4O. The van der Waals surface area contributed by atoms with E-state index in [1.165, 1.54) is 11.3 Å². The van der Waals surface area contributed by atoms with Gasteiger partial charge in [-0.05, 0) is 43.7 Å². The molecule has 128 valence electrons. The lowest BCUT2D eigenvalue weighted by atomic mass is 10.1. The molecule has 0 atom stereocenters. The molecule has 1 amide bonds. The minimum Gasteiger partial charge on any atom is -0.368 e. The van der Waals surface area contributed by atoms with Crippen LogP contribution in [0.3, 0.4) is 0 Å². The molecule has 1 aliphatic heterocycles. The molecular weight excluding hydrogens is 312 g/mol. The molecule has 1 aliphatic rings. The van der Waals surface area contributed by atoms with E-state index in [0.717, 1.165) is 37.5 Å². The van der Waals surface area contributed by atoms with Crippen LogP contribution in [-0.4, -0.2) is 46.4 Å². The van der Waals surface area contributed by atoms with Crippen molar-refractivity contribution in [3.63, 3.8) is 0 Å². The summed E-state index contributed by atoms with van der Waals surface area (Å²) in [4.78, 5) is 21.5. The minimum atomic E-state index is 0.0946. The highest BCUT2D eigenvalue weighted by Crippen LogP contribution is 2.19. The van der Waals surface area contributed by atoms with Gasteiger partial charge in [0.25, 0.3) is 5.91 Å². The average molecular weight is 334 g/mol. The van der Waals surface area contributed by atoms with E-state index in [2.05, 4.69) is 41.1 Å². The van der Waals surface area contributed by atoms with Crippen LogP contribution >= 0.6 is 0 Å². The summed E-state index contributed by atoms with van der Waals surface area (Å²) in [5.41, 5.74) is 5.05. The first-order valence-corrected chi connectivity index (χ1v) is 8.66. The number of aromatic nitrogens is 2. The third-order valence-corrected chi connectivity index (χ3v) is 4.75. The summed E-state index contributed by atoms with van der Waals surface area (Å²) in [6.45, 7) is 7.28. The second-order valence-electron chi connectivity index (χ2n) is 6.68. The fraction of sp³-hybridized carbons (Fsp3) is 0.300. The van der Waals surface area contributed by atoms with Gasteiger partial charge in [-0.3, -0.25) is 4.79 Å². The summed E-state index contributed by atoms with van der Waals surface area (Å²) in [7, 11) is 0. The number of fused-ring (bicyclic) bond motifs is 1. The second-order valence-corrected chi connectivity index (χ2v) is 6.68. The number of hydrogen-bond acceptors (Lipinski definition) is 3. The van der Waals surface area contributed by atoms with Crippen molar-refractivity contribution >= 4 is 17.2 Å². The predicted molar refractivity (Wildman–Crippen MR) is 99.2 cm³/mol. The molecule has 25 heavy (non-hydrogen) atoms. The zero-order valence-corrected chi connectivity index (χ0v) is 14.6. The topological polar surface area (TPSA) is 40.8 Å². The number of benzene rings is 1. The highest BCUT2D eigenvalue weighted by molar-refractivity contribution is 5.94. The Hall–Kier alpha value is -2.82. The molecule has 1 aromatic carbocycles. The summed E-state index contributed by atoms with van der Waals surface area (Å²) in [5, 5.41) is 0. The minimum absolute atomic E-state index is 0.0946. The monoisotopic (exact) mass is 334 g/mol. The lowest BCUT2D eigenvalue weighted by Gasteiger charge is -2.36. The highest BCUT2D eigenvalue weighted by atomic mass is 16.2. The van der Waals surface area contributed by atoms with Crippen molar-refractivity contribution in [1.29, 1.82) is 0 Å². The van der Waals surface area contributed by atoms with Crippen molar-refractivity contribution in [1.82, 2.24) is 14.3 Å². The third-order valence-electron chi connectivity index (χ3n) is 4.75. The number of piperazine rings is 1. The number of rotatable bonds is 2. The van der Waals surface area contributed by atoms with E-state index in [0.29, 0.717) is 5.56 Å². The first-order chi connectivity index (χ1) is 12.1. The van der Waals surface area contributed by atoms with E-state index in [-0.39, 0.29) is 5.91 Å². The quantitative estimate of drug-likeness (QED) is 0.723. The largest absolute Gasteiger partial charge is 0.368 e. The molecule has 0 unspecified atom stereocenters. The Morgan fingerprint density at radius 2 is 1.80 bits per heavy atom. The number of anilines is 1. The van der Waals surface area contributed by atoms with Crippen LogP contribution in [0.4, 0.5) is 5.69 Å². The lowest BCUT2D eigenvalue weighted by Crippen LogP contribution is -2.48. The van der Waals surface area contributed by atoms with Crippen molar-refractivity contribution in [2.75, 3.05) is 31.1 Å². The molecule has 1 fully saturated rings. The summed E-state index contributed by atoms with van der Waals surface area (Å²) in [5.74, 6) is 0.0946. The Labute approximate surface area is 147 Å². The van der Waals surface area contributed by atoms with Crippen LogP contribution < -0.4 is 4.90 Å². The molecule has 0 spiro atoms. The number of carbonyl (C=O) groups excluding carboxylic acids is 1. The molecule has 1 saturated heterocycles. The number of carbonyl (C=O) groups is 1. The van der Waals surface area contributed by atoms with E-state index in [1.54, 1.807) is 0 Å². The Balaban J connectivity index is 1.46. The number of hydrogen-bond donors (Lipinski definition) is 0. The van der Waals surface area contributed by atoms with Gasteiger partial charge in [0.05, 0.1) is 11.3 Å².